The second kappa shape index (κ2) is 7.29. The summed E-state index contributed by atoms with van der Waals surface area (Å²) < 4.78 is 0. The van der Waals surface area contributed by atoms with Gasteiger partial charge >= 0.3 is 0 Å². The Bertz CT molecular complexity index is 396. The molecule has 1 amide bonds. The van der Waals surface area contributed by atoms with Crippen LogP contribution in [0.15, 0.2) is 24.3 Å². The number of amides is 1. The largest absolute Gasteiger partial charge is 0.349 e. The molecule has 0 aliphatic rings. The summed E-state index contributed by atoms with van der Waals surface area (Å²) in [6, 6.07) is 8.42. The summed E-state index contributed by atoms with van der Waals surface area (Å²) in [4.78, 5) is 11.9. The molecule has 3 nitrogen and oxygen atoms in total. The molecule has 0 radical (unpaired) electrons. The first kappa shape index (κ1) is 15.7. The molecule has 19 heavy (non-hydrogen) atoms. The molecule has 0 fully saturated rings. The monoisotopic (exact) mass is 262 g/mol. The van der Waals surface area contributed by atoms with E-state index in [1.54, 1.807) is 0 Å². The number of hydrogen-bond acceptors (Lipinski definition) is 2. The molecular formula is C16H26N2O. The molecular weight excluding hydrogens is 236 g/mol. The molecule has 3 N–H and O–H groups in total. The SMILES string of the molecule is CCc1ccc(C(NC(=O)CC(C)N)C(C)C)cc1. The number of nitrogens with two attached hydrogens (primary N) is 1. The summed E-state index contributed by atoms with van der Waals surface area (Å²) in [6.07, 6.45) is 1.40. The standard InChI is InChI=1S/C16H26N2O/c1-5-13-6-8-14(9-7-13)16(11(2)3)18-15(19)10-12(4)17/h6-9,11-12,16H,5,10,17H2,1-4H3,(H,18,19). The summed E-state index contributed by atoms with van der Waals surface area (Å²) in [5.41, 5.74) is 8.13. The Hall–Kier alpha value is -1.35. The van der Waals surface area contributed by atoms with E-state index in [-0.39, 0.29) is 18.0 Å². The van der Waals surface area contributed by atoms with Gasteiger partial charge in [-0.3, -0.25) is 4.79 Å². The highest BCUT2D eigenvalue weighted by atomic mass is 16.1. The van der Waals surface area contributed by atoms with Gasteiger partial charge < -0.3 is 11.1 Å². The Morgan fingerprint density at radius 1 is 1.21 bits per heavy atom. The van der Waals surface area contributed by atoms with Gasteiger partial charge in [-0.2, -0.15) is 0 Å². The maximum absolute atomic E-state index is 11.9. The number of hydrogen-bond donors (Lipinski definition) is 2. The van der Waals surface area contributed by atoms with Crippen LogP contribution < -0.4 is 11.1 Å². The number of carbonyl (C=O) groups excluding carboxylic acids is 1. The predicted molar refractivity (Wildman–Crippen MR) is 79.8 cm³/mol. The maximum atomic E-state index is 11.9. The molecule has 1 aromatic carbocycles. The van der Waals surface area contributed by atoms with Crippen LogP contribution in [0.25, 0.3) is 0 Å². The Kier molecular flexibility index (Phi) is 6.03. The van der Waals surface area contributed by atoms with Gasteiger partial charge in [0.15, 0.2) is 0 Å². The second-order valence-electron chi connectivity index (χ2n) is 5.57. The highest BCUT2D eigenvalue weighted by Gasteiger charge is 2.18. The second-order valence-corrected chi connectivity index (χ2v) is 5.57. The van der Waals surface area contributed by atoms with Gasteiger partial charge in [-0.25, -0.2) is 0 Å². The number of aryl methyl sites for hydroxylation is 1. The van der Waals surface area contributed by atoms with Gasteiger partial charge in [0.1, 0.15) is 0 Å². The molecule has 2 unspecified atom stereocenters. The summed E-state index contributed by atoms with van der Waals surface area (Å²) in [6.45, 7) is 8.22. The van der Waals surface area contributed by atoms with Gasteiger partial charge in [0, 0.05) is 12.5 Å². The van der Waals surface area contributed by atoms with Gasteiger partial charge in [0.25, 0.3) is 0 Å². The van der Waals surface area contributed by atoms with Gasteiger partial charge in [0.05, 0.1) is 6.04 Å². The van der Waals surface area contributed by atoms with Crippen LogP contribution in [0.5, 0.6) is 0 Å². The Morgan fingerprint density at radius 2 is 1.79 bits per heavy atom. The van der Waals surface area contributed by atoms with Crippen LogP contribution in [-0.2, 0) is 11.2 Å². The number of nitrogens with one attached hydrogen (secondary N) is 1. The lowest BCUT2D eigenvalue weighted by molar-refractivity contribution is -0.122. The molecule has 0 saturated heterocycles. The van der Waals surface area contributed by atoms with E-state index in [9.17, 15) is 4.79 Å². The molecule has 1 aromatic rings. The molecule has 0 saturated carbocycles. The van der Waals surface area contributed by atoms with Crippen molar-refractivity contribution in [2.24, 2.45) is 11.7 Å². The van der Waals surface area contributed by atoms with E-state index in [0.717, 1.165) is 12.0 Å². The molecule has 0 aliphatic carbocycles. The molecule has 1 rings (SSSR count). The van der Waals surface area contributed by atoms with Crippen molar-refractivity contribution in [1.82, 2.24) is 5.32 Å². The topological polar surface area (TPSA) is 55.1 Å². The van der Waals surface area contributed by atoms with E-state index < -0.39 is 0 Å². The highest BCUT2D eigenvalue weighted by molar-refractivity contribution is 5.77. The first-order valence-corrected chi connectivity index (χ1v) is 7.07. The molecule has 0 aromatic heterocycles. The van der Waals surface area contributed by atoms with E-state index in [0.29, 0.717) is 12.3 Å². The molecule has 0 aliphatic heterocycles. The maximum Gasteiger partial charge on any atom is 0.222 e. The van der Waals surface area contributed by atoms with Gasteiger partial charge in [-0.05, 0) is 30.4 Å². The summed E-state index contributed by atoms with van der Waals surface area (Å²) in [5.74, 6) is 0.373. The van der Waals surface area contributed by atoms with Crippen molar-refractivity contribution >= 4 is 5.91 Å². The molecule has 0 heterocycles. The fraction of sp³-hybridized carbons (Fsp3) is 0.562. The van der Waals surface area contributed by atoms with Crippen LogP contribution in [0.4, 0.5) is 0 Å². The van der Waals surface area contributed by atoms with E-state index in [1.165, 1.54) is 5.56 Å². The van der Waals surface area contributed by atoms with Gasteiger partial charge in [-0.1, -0.05) is 45.0 Å². The predicted octanol–water partition coefficient (Wildman–Crippen LogP) is 2.80. The first-order chi connectivity index (χ1) is 8.93. The van der Waals surface area contributed by atoms with Gasteiger partial charge in [0.2, 0.25) is 5.91 Å². The quantitative estimate of drug-likeness (QED) is 0.828. The average Bonchev–Trinajstić information content (AvgIpc) is 2.35. The van der Waals surface area contributed by atoms with Crippen LogP contribution in [0.1, 0.15) is 51.3 Å². The Morgan fingerprint density at radius 3 is 2.21 bits per heavy atom. The lowest BCUT2D eigenvalue weighted by Gasteiger charge is -2.23. The smallest absolute Gasteiger partial charge is 0.222 e. The number of benzene rings is 1. The van der Waals surface area contributed by atoms with E-state index in [4.69, 9.17) is 5.73 Å². The third kappa shape index (κ3) is 5.03. The fourth-order valence-electron chi connectivity index (χ4n) is 2.12. The minimum absolute atomic E-state index is 0.0215. The van der Waals surface area contributed by atoms with Gasteiger partial charge in [-0.15, -0.1) is 0 Å². The number of rotatable bonds is 6. The lowest BCUT2D eigenvalue weighted by Crippen LogP contribution is -2.35. The molecule has 3 heteroatoms. The van der Waals surface area contributed by atoms with E-state index in [2.05, 4.69) is 50.4 Å². The highest BCUT2D eigenvalue weighted by Crippen LogP contribution is 2.22. The molecule has 0 bridgehead atoms. The van der Waals surface area contributed by atoms with Crippen LogP contribution >= 0.6 is 0 Å². The molecule has 106 valence electrons. The summed E-state index contributed by atoms with van der Waals surface area (Å²) in [7, 11) is 0. The minimum Gasteiger partial charge on any atom is -0.349 e. The zero-order valence-corrected chi connectivity index (χ0v) is 12.4. The molecule has 0 spiro atoms. The third-order valence-corrected chi connectivity index (χ3v) is 3.24. The zero-order chi connectivity index (χ0) is 14.4. The summed E-state index contributed by atoms with van der Waals surface area (Å²) in [5, 5.41) is 3.08. The van der Waals surface area contributed by atoms with Crippen molar-refractivity contribution in [3.8, 4) is 0 Å². The molecule has 2 atom stereocenters. The third-order valence-electron chi connectivity index (χ3n) is 3.24. The van der Waals surface area contributed by atoms with Crippen LogP contribution in [-0.4, -0.2) is 11.9 Å². The Balaban J connectivity index is 2.79. The minimum atomic E-state index is -0.102. The van der Waals surface area contributed by atoms with Crippen molar-refractivity contribution in [1.29, 1.82) is 0 Å². The lowest BCUT2D eigenvalue weighted by atomic mass is 9.94. The zero-order valence-electron chi connectivity index (χ0n) is 12.4. The van der Waals surface area contributed by atoms with Crippen molar-refractivity contribution in [3.05, 3.63) is 35.4 Å². The van der Waals surface area contributed by atoms with Crippen LogP contribution in [0, 0.1) is 5.92 Å². The van der Waals surface area contributed by atoms with Crippen molar-refractivity contribution < 1.29 is 4.79 Å². The first-order valence-electron chi connectivity index (χ1n) is 7.07. The van der Waals surface area contributed by atoms with E-state index >= 15 is 0 Å². The van der Waals surface area contributed by atoms with E-state index in [1.807, 2.05) is 6.92 Å². The van der Waals surface area contributed by atoms with Crippen molar-refractivity contribution in [3.63, 3.8) is 0 Å². The van der Waals surface area contributed by atoms with Crippen molar-refractivity contribution in [2.75, 3.05) is 0 Å². The fourth-order valence-corrected chi connectivity index (χ4v) is 2.12. The van der Waals surface area contributed by atoms with Crippen molar-refractivity contribution in [2.45, 2.75) is 52.6 Å². The van der Waals surface area contributed by atoms with Crippen LogP contribution in [0.3, 0.4) is 0 Å². The average molecular weight is 262 g/mol. The Labute approximate surface area is 116 Å². The summed E-state index contributed by atoms with van der Waals surface area (Å²) >= 11 is 0. The normalized spacial score (nSPS) is 14.2. The van der Waals surface area contributed by atoms with Crippen LogP contribution in [0.2, 0.25) is 0 Å². The number of carbonyl (C=O) groups is 1.